The molecule has 0 aliphatic heterocycles. The first kappa shape index (κ1) is 13.6. The van der Waals surface area contributed by atoms with Gasteiger partial charge in [-0.15, -0.1) is 23.2 Å². The van der Waals surface area contributed by atoms with E-state index in [1.807, 2.05) is 0 Å². The number of nitrogens with two attached hydrogens (primary N) is 1. The van der Waals surface area contributed by atoms with E-state index in [9.17, 15) is 0 Å². The zero-order chi connectivity index (χ0) is 11.3. The van der Waals surface area contributed by atoms with Crippen molar-refractivity contribution in [3.8, 4) is 0 Å². The van der Waals surface area contributed by atoms with Gasteiger partial charge in [-0.2, -0.15) is 0 Å². The average molecular weight is 358 g/mol. The van der Waals surface area contributed by atoms with Crippen LogP contribution in [0.5, 0.6) is 0 Å². The molecule has 1 aromatic rings. The average Bonchev–Trinajstić information content (AvgIpc) is 2.24. The lowest BCUT2D eigenvalue weighted by Gasteiger charge is -2.13. The number of hydrogen-bond donors (Lipinski definition) is 1. The molecule has 0 saturated carbocycles. The SMILES string of the molecule is NCc1ccc(CCCl)c(CCCl)c1I. The number of hydrogen-bond acceptors (Lipinski definition) is 1. The molecular formula is C11H14Cl2IN. The van der Waals surface area contributed by atoms with Crippen LogP contribution in [0, 0.1) is 3.57 Å². The molecule has 4 heteroatoms. The van der Waals surface area contributed by atoms with Gasteiger partial charge in [0.2, 0.25) is 0 Å². The molecule has 0 atom stereocenters. The first-order valence-corrected chi connectivity index (χ1v) is 7.00. The van der Waals surface area contributed by atoms with Gasteiger partial charge in [0.25, 0.3) is 0 Å². The molecule has 0 aliphatic rings. The summed E-state index contributed by atoms with van der Waals surface area (Å²) in [5.74, 6) is 1.28. The number of aryl methyl sites for hydroxylation is 1. The van der Waals surface area contributed by atoms with E-state index in [4.69, 9.17) is 28.9 Å². The molecule has 0 unspecified atom stereocenters. The van der Waals surface area contributed by atoms with Crippen LogP contribution in [0.1, 0.15) is 16.7 Å². The van der Waals surface area contributed by atoms with Crippen molar-refractivity contribution >= 4 is 45.8 Å². The van der Waals surface area contributed by atoms with Crippen molar-refractivity contribution in [1.29, 1.82) is 0 Å². The third kappa shape index (κ3) is 3.48. The maximum atomic E-state index is 5.81. The Balaban J connectivity index is 3.11. The first-order valence-electron chi connectivity index (χ1n) is 4.85. The van der Waals surface area contributed by atoms with Gasteiger partial charge in [-0.05, 0) is 52.1 Å². The van der Waals surface area contributed by atoms with Crippen LogP contribution in [-0.2, 0) is 19.4 Å². The topological polar surface area (TPSA) is 26.0 Å². The Kier molecular flexibility index (Phi) is 6.27. The number of halogens is 3. The van der Waals surface area contributed by atoms with E-state index in [-0.39, 0.29) is 0 Å². The molecule has 0 aromatic heterocycles. The predicted octanol–water partition coefficient (Wildman–Crippen LogP) is 3.31. The zero-order valence-electron chi connectivity index (χ0n) is 8.40. The van der Waals surface area contributed by atoms with Crippen LogP contribution >= 0.6 is 45.8 Å². The molecule has 0 bridgehead atoms. The van der Waals surface area contributed by atoms with Crippen molar-refractivity contribution in [3.63, 3.8) is 0 Å². The van der Waals surface area contributed by atoms with Crippen LogP contribution in [0.25, 0.3) is 0 Å². The molecule has 0 spiro atoms. The normalized spacial score (nSPS) is 10.7. The minimum atomic E-state index is 0.578. The Labute approximate surface area is 114 Å². The smallest absolute Gasteiger partial charge is 0.0264 e. The molecule has 1 rings (SSSR count). The second kappa shape index (κ2) is 6.94. The van der Waals surface area contributed by atoms with Crippen molar-refractivity contribution in [3.05, 3.63) is 32.4 Å². The molecule has 15 heavy (non-hydrogen) atoms. The Hall–Kier alpha value is 0.490. The van der Waals surface area contributed by atoms with E-state index in [0.29, 0.717) is 18.3 Å². The van der Waals surface area contributed by atoms with Gasteiger partial charge in [0.15, 0.2) is 0 Å². The molecule has 0 amide bonds. The molecule has 1 nitrogen and oxygen atoms in total. The summed E-state index contributed by atoms with van der Waals surface area (Å²) in [5, 5.41) is 0. The first-order chi connectivity index (χ1) is 7.24. The maximum Gasteiger partial charge on any atom is 0.0264 e. The number of rotatable bonds is 5. The van der Waals surface area contributed by atoms with Gasteiger partial charge >= 0.3 is 0 Å². The summed E-state index contributed by atoms with van der Waals surface area (Å²) in [7, 11) is 0. The fourth-order valence-electron chi connectivity index (χ4n) is 1.57. The second-order valence-corrected chi connectivity index (χ2v) is 5.09. The highest BCUT2D eigenvalue weighted by atomic mass is 127. The Morgan fingerprint density at radius 2 is 1.67 bits per heavy atom. The molecule has 0 fully saturated rings. The van der Waals surface area contributed by atoms with Gasteiger partial charge < -0.3 is 5.73 Å². The third-order valence-corrected chi connectivity index (χ3v) is 4.07. The predicted molar refractivity (Wildman–Crippen MR) is 75.9 cm³/mol. The van der Waals surface area contributed by atoms with Crippen molar-refractivity contribution in [2.75, 3.05) is 11.8 Å². The summed E-state index contributed by atoms with van der Waals surface area (Å²) in [4.78, 5) is 0. The molecular weight excluding hydrogens is 344 g/mol. The zero-order valence-corrected chi connectivity index (χ0v) is 12.1. The summed E-state index contributed by atoms with van der Waals surface area (Å²) in [6.07, 6.45) is 1.79. The summed E-state index contributed by atoms with van der Waals surface area (Å²) in [6.45, 7) is 0.578. The Bertz CT molecular complexity index is 329. The highest BCUT2D eigenvalue weighted by Crippen LogP contribution is 2.23. The second-order valence-electron chi connectivity index (χ2n) is 3.26. The fourth-order valence-corrected chi connectivity index (χ4v) is 2.98. The summed E-state index contributed by atoms with van der Waals surface area (Å²) in [5.41, 5.74) is 9.48. The fraction of sp³-hybridized carbons (Fsp3) is 0.455. The summed E-state index contributed by atoms with van der Waals surface area (Å²) >= 11 is 13.9. The van der Waals surface area contributed by atoms with Crippen LogP contribution in [0.4, 0.5) is 0 Å². The Morgan fingerprint density at radius 3 is 2.20 bits per heavy atom. The maximum absolute atomic E-state index is 5.81. The standard InChI is InChI=1S/C11H14Cl2IN/c12-5-3-8-1-2-9(7-15)11(14)10(8)4-6-13/h1-2H,3-7,15H2. The quantitative estimate of drug-likeness (QED) is 0.635. The van der Waals surface area contributed by atoms with Gasteiger partial charge in [-0.25, -0.2) is 0 Å². The van der Waals surface area contributed by atoms with E-state index in [0.717, 1.165) is 12.8 Å². The molecule has 84 valence electrons. The van der Waals surface area contributed by atoms with Crippen molar-refractivity contribution in [2.45, 2.75) is 19.4 Å². The van der Waals surface area contributed by atoms with E-state index >= 15 is 0 Å². The van der Waals surface area contributed by atoms with Crippen LogP contribution in [0.15, 0.2) is 12.1 Å². The summed E-state index contributed by atoms with van der Waals surface area (Å²) in [6, 6.07) is 4.20. The third-order valence-electron chi connectivity index (χ3n) is 2.35. The number of benzene rings is 1. The van der Waals surface area contributed by atoms with Gasteiger partial charge in [0, 0.05) is 21.9 Å². The molecule has 0 radical (unpaired) electrons. The lowest BCUT2D eigenvalue weighted by atomic mass is 10.00. The number of alkyl halides is 2. The summed E-state index contributed by atoms with van der Waals surface area (Å²) < 4.78 is 1.25. The lowest BCUT2D eigenvalue weighted by Crippen LogP contribution is -2.06. The minimum Gasteiger partial charge on any atom is -0.326 e. The van der Waals surface area contributed by atoms with Crippen molar-refractivity contribution in [1.82, 2.24) is 0 Å². The van der Waals surface area contributed by atoms with Crippen LogP contribution in [-0.4, -0.2) is 11.8 Å². The van der Waals surface area contributed by atoms with E-state index in [1.165, 1.54) is 20.3 Å². The van der Waals surface area contributed by atoms with Gasteiger partial charge in [-0.3, -0.25) is 0 Å². The molecule has 0 saturated heterocycles. The van der Waals surface area contributed by atoms with Crippen molar-refractivity contribution < 1.29 is 0 Å². The van der Waals surface area contributed by atoms with E-state index in [2.05, 4.69) is 34.7 Å². The molecule has 2 N–H and O–H groups in total. The van der Waals surface area contributed by atoms with Crippen LogP contribution < -0.4 is 5.73 Å². The molecule has 0 aliphatic carbocycles. The largest absolute Gasteiger partial charge is 0.326 e. The minimum absolute atomic E-state index is 0.578. The molecule has 0 heterocycles. The van der Waals surface area contributed by atoms with Crippen LogP contribution in [0.2, 0.25) is 0 Å². The highest BCUT2D eigenvalue weighted by Gasteiger charge is 2.09. The monoisotopic (exact) mass is 357 g/mol. The van der Waals surface area contributed by atoms with Gasteiger partial charge in [-0.1, -0.05) is 12.1 Å². The van der Waals surface area contributed by atoms with Crippen LogP contribution in [0.3, 0.4) is 0 Å². The highest BCUT2D eigenvalue weighted by molar-refractivity contribution is 14.1. The van der Waals surface area contributed by atoms with Crippen molar-refractivity contribution in [2.24, 2.45) is 5.73 Å². The van der Waals surface area contributed by atoms with Gasteiger partial charge in [0.05, 0.1) is 0 Å². The Morgan fingerprint density at radius 1 is 1.07 bits per heavy atom. The van der Waals surface area contributed by atoms with Gasteiger partial charge in [0.1, 0.15) is 0 Å². The van der Waals surface area contributed by atoms with E-state index < -0.39 is 0 Å². The molecule has 1 aromatic carbocycles. The lowest BCUT2D eigenvalue weighted by molar-refractivity contribution is 0.991. The van der Waals surface area contributed by atoms with E-state index in [1.54, 1.807) is 0 Å².